The van der Waals surface area contributed by atoms with Crippen LogP contribution in [0.25, 0.3) is 0 Å². The van der Waals surface area contributed by atoms with E-state index >= 15 is 0 Å². The van der Waals surface area contributed by atoms with Gasteiger partial charge in [-0.3, -0.25) is 0 Å². The summed E-state index contributed by atoms with van der Waals surface area (Å²) in [6.45, 7) is 2.96. The molecule has 0 atom stereocenters. The average molecular weight is 214 g/mol. The highest BCUT2D eigenvalue weighted by atomic mass is 32.2. The van der Waals surface area contributed by atoms with Gasteiger partial charge < -0.3 is 5.11 Å². The average Bonchev–Trinajstić information content (AvgIpc) is 2.01. The van der Waals surface area contributed by atoms with Crippen molar-refractivity contribution in [2.75, 3.05) is 5.75 Å². The van der Waals surface area contributed by atoms with Crippen molar-refractivity contribution in [3.05, 3.63) is 30.3 Å². The summed E-state index contributed by atoms with van der Waals surface area (Å²) < 4.78 is 23.4. The van der Waals surface area contributed by atoms with Crippen LogP contribution in [0.5, 0.6) is 0 Å². The lowest BCUT2D eigenvalue weighted by Crippen LogP contribution is -2.30. The summed E-state index contributed by atoms with van der Waals surface area (Å²) >= 11 is 0. The molecule has 0 bridgehead atoms. The fraction of sp³-hybridized carbons (Fsp3) is 0.400. The van der Waals surface area contributed by atoms with E-state index in [0.29, 0.717) is 0 Å². The van der Waals surface area contributed by atoms with Crippen LogP contribution in [0.1, 0.15) is 13.8 Å². The molecule has 1 aromatic carbocycles. The van der Waals surface area contributed by atoms with Crippen molar-refractivity contribution in [2.45, 2.75) is 24.3 Å². The molecule has 0 unspecified atom stereocenters. The molecule has 0 aromatic heterocycles. The van der Waals surface area contributed by atoms with E-state index in [-0.39, 0.29) is 10.6 Å². The molecule has 0 fully saturated rings. The first-order valence-corrected chi connectivity index (χ1v) is 5.97. The number of rotatable bonds is 3. The molecule has 78 valence electrons. The Balaban J connectivity index is 2.99. The topological polar surface area (TPSA) is 54.4 Å². The van der Waals surface area contributed by atoms with E-state index in [2.05, 4.69) is 0 Å². The van der Waals surface area contributed by atoms with Gasteiger partial charge in [0.25, 0.3) is 0 Å². The van der Waals surface area contributed by atoms with Gasteiger partial charge in [0.2, 0.25) is 0 Å². The van der Waals surface area contributed by atoms with E-state index in [0.717, 1.165) is 0 Å². The standard InChI is InChI=1S/C10H14O3S/c1-10(2,11)8-14(12,13)9-6-4-3-5-7-9/h3-7,11H,8H2,1-2H3. The monoisotopic (exact) mass is 214 g/mol. The van der Waals surface area contributed by atoms with E-state index in [1.165, 1.54) is 26.0 Å². The maximum absolute atomic E-state index is 11.7. The van der Waals surface area contributed by atoms with Gasteiger partial charge in [-0.15, -0.1) is 0 Å². The third-order valence-electron chi connectivity index (χ3n) is 1.65. The molecular weight excluding hydrogens is 200 g/mol. The molecule has 0 saturated heterocycles. The molecule has 4 heteroatoms. The highest BCUT2D eigenvalue weighted by Gasteiger charge is 2.24. The summed E-state index contributed by atoms with van der Waals surface area (Å²) in [5.74, 6) is -0.260. The molecule has 0 radical (unpaired) electrons. The Hall–Kier alpha value is -0.870. The molecule has 0 saturated carbocycles. The predicted octanol–water partition coefficient (Wildman–Crippen LogP) is 1.23. The number of hydrogen-bond donors (Lipinski definition) is 1. The molecule has 0 aliphatic heterocycles. The van der Waals surface area contributed by atoms with Crippen molar-refractivity contribution >= 4 is 9.84 Å². The van der Waals surface area contributed by atoms with Gasteiger partial charge in [-0.25, -0.2) is 8.42 Å². The molecule has 0 aliphatic carbocycles. The number of sulfone groups is 1. The summed E-state index contributed by atoms with van der Waals surface area (Å²) in [6, 6.07) is 8.14. The van der Waals surface area contributed by atoms with Crippen LogP contribution in [0.3, 0.4) is 0 Å². The first-order chi connectivity index (χ1) is 6.31. The zero-order valence-corrected chi connectivity index (χ0v) is 9.08. The van der Waals surface area contributed by atoms with Crippen LogP contribution < -0.4 is 0 Å². The van der Waals surface area contributed by atoms with Crippen LogP contribution in [0.15, 0.2) is 35.2 Å². The SMILES string of the molecule is CC(C)(O)CS(=O)(=O)c1ccccc1. The van der Waals surface area contributed by atoms with Gasteiger partial charge in [0.1, 0.15) is 0 Å². The lowest BCUT2D eigenvalue weighted by atomic mass is 10.2. The largest absolute Gasteiger partial charge is 0.389 e. The van der Waals surface area contributed by atoms with Gasteiger partial charge in [0.15, 0.2) is 9.84 Å². The molecule has 1 N–H and O–H groups in total. The van der Waals surface area contributed by atoms with Gasteiger partial charge in [-0.2, -0.15) is 0 Å². The van der Waals surface area contributed by atoms with E-state index in [9.17, 15) is 13.5 Å². The predicted molar refractivity (Wildman–Crippen MR) is 54.8 cm³/mol. The first kappa shape index (κ1) is 11.2. The number of hydrogen-bond acceptors (Lipinski definition) is 3. The number of benzene rings is 1. The molecule has 1 aromatic rings. The molecule has 1 rings (SSSR count). The Bertz CT molecular complexity index is 387. The lowest BCUT2D eigenvalue weighted by molar-refractivity contribution is 0.105. The Morgan fingerprint density at radius 3 is 2.14 bits per heavy atom. The van der Waals surface area contributed by atoms with E-state index in [1.807, 2.05) is 0 Å². The van der Waals surface area contributed by atoms with Gasteiger partial charge in [-0.1, -0.05) is 18.2 Å². The van der Waals surface area contributed by atoms with Crippen molar-refractivity contribution in [3.63, 3.8) is 0 Å². The summed E-state index contributed by atoms with van der Waals surface area (Å²) in [5, 5.41) is 9.44. The lowest BCUT2D eigenvalue weighted by Gasteiger charge is -2.16. The second kappa shape index (κ2) is 3.71. The third-order valence-corrected chi connectivity index (χ3v) is 3.72. The maximum Gasteiger partial charge on any atom is 0.181 e. The minimum absolute atomic E-state index is 0.252. The van der Waals surface area contributed by atoms with Crippen LogP contribution in [0.2, 0.25) is 0 Å². The molecule has 0 aliphatic rings. The molecule has 0 spiro atoms. The summed E-state index contributed by atoms with van der Waals surface area (Å²) in [7, 11) is -3.37. The van der Waals surface area contributed by atoms with Crippen LogP contribution in [0, 0.1) is 0 Å². The summed E-state index contributed by atoms with van der Waals surface area (Å²) in [6.07, 6.45) is 0. The minimum atomic E-state index is -3.37. The first-order valence-electron chi connectivity index (χ1n) is 4.31. The van der Waals surface area contributed by atoms with Crippen LogP contribution >= 0.6 is 0 Å². The fourth-order valence-electron chi connectivity index (χ4n) is 1.18. The highest BCUT2D eigenvalue weighted by molar-refractivity contribution is 7.91. The normalized spacial score (nSPS) is 12.8. The van der Waals surface area contributed by atoms with Crippen LogP contribution in [-0.4, -0.2) is 24.9 Å². The van der Waals surface area contributed by atoms with Gasteiger partial charge in [0.05, 0.1) is 16.2 Å². The second-order valence-corrected chi connectivity index (χ2v) is 5.87. The van der Waals surface area contributed by atoms with Crippen molar-refractivity contribution in [1.82, 2.24) is 0 Å². The van der Waals surface area contributed by atoms with E-state index < -0.39 is 15.4 Å². The molecule has 0 heterocycles. The summed E-state index contributed by atoms with van der Waals surface area (Å²) in [5.41, 5.74) is -1.20. The van der Waals surface area contributed by atoms with Crippen molar-refractivity contribution < 1.29 is 13.5 Å². The van der Waals surface area contributed by atoms with Crippen molar-refractivity contribution in [1.29, 1.82) is 0 Å². The minimum Gasteiger partial charge on any atom is -0.389 e. The van der Waals surface area contributed by atoms with Gasteiger partial charge >= 0.3 is 0 Å². The Labute approximate surface area is 84.3 Å². The Morgan fingerprint density at radius 1 is 1.21 bits per heavy atom. The van der Waals surface area contributed by atoms with Crippen LogP contribution in [0.4, 0.5) is 0 Å². The molecule has 3 nitrogen and oxygen atoms in total. The molecule has 14 heavy (non-hydrogen) atoms. The van der Waals surface area contributed by atoms with Gasteiger partial charge in [0, 0.05) is 0 Å². The summed E-state index contributed by atoms with van der Waals surface area (Å²) in [4.78, 5) is 0.252. The zero-order chi connectivity index (χ0) is 10.8. The maximum atomic E-state index is 11.7. The van der Waals surface area contributed by atoms with E-state index in [4.69, 9.17) is 0 Å². The third kappa shape index (κ3) is 3.12. The van der Waals surface area contributed by atoms with Crippen molar-refractivity contribution in [3.8, 4) is 0 Å². The van der Waals surface area contributed by atoms with E-state index in [1.54, 1.807) is 18.2 Å². The van der Waals surface area contributed by atoms with Gasteiger partial charge in [-0.05, 0) is 26.0 Å². The fourth-order valence-corrected chi connectivity index (χ4v) is 2.84. The second-order valence-electron chi connectivity index (χ2n) is 3.88. The Kier molecular flexibility index (Phi) is 2.97. The Morgan fingerprint density at radius 2 is 1.71 bits per heavy atom. The molecular formula is C10H14O3S. The zero-order valence-electron chi connectivity index (χ0n) is 8.27. The number of aliphatic hydroxyl groups is 1. The van der Waals surface area contributed by atoms with Crippen LogP contribution in [-0.2, 0) is 9.84 Å². The quantitative estimate of drug-likeness (QED) is 0.823. The smallest absolute Gasteiger partial charge is 0.181 e. The van der Waals surface area contributed by atoms with Crippen molar-refractivity contribution in [2.24, 2.45) is 0 Å². The molecule has 0 amide bonds. The highest BCUT2D eigenvalue weighted by Crippen LogP contribution is 2.15.